The predicted octanol–water partition coefficient (Wildman–Crippen LogP) is 6.61. The van der Waals surface area contributed by atoms with Gasteiger partial charge in [-0.25, -0.2) is 0 Å². The van der Waals surface area contributed by atoms with E-state index in [9.17, 15) is 10.2 Å². The van der Waals surface area contributed by atoms with Gasteiger partial charge in [-0.3, -0.25) is 0 Å². The van der Waals surface area contributed by atoms with Crippen LogP contribution in [0, 0.1) is 58.2 Å². The van der Waals surface area contributed by atoms with Gasteiger partial charge in [0.05, 0.1) is 12.2 Å². The van der Waals surface area contributed by atoms with E-state index in [4.69, 9.17) is 0 Å². The Balaban J connectivity index is 1.31. The molecule has 0 unspecified atom stereocenters. The standard InChI is InChI=1S/C29H48O2/c1-17(22-14-19(22)3)6-7-18(2)23-8-9-24-27-25(11-13-29(23,24)5)28(4)12-10-21(30)15-20(28)16-26(27)31/h16-19,21-27,30-31H,6-15H2,1-5H3/t17-,18+,19+,21-,22-,23+,24-,25-,26+,27-,28-,29+/m0/s1. The molecule has 0 aromatic rings. The van der Waals surface area contributed by atoms with Crippen LogP contribution < -0.4 is 0 Å². The summed E-state index contributed by atoms with van der Waals surface area (Å²) < 4.78 is 0. The van der Waals surface area contributed by atoms with Gasteiger partial charge in [-0.2, -0.15) is 0 Å². The van der Waals surface area contributed by atoms with Crippen LogP contribution in [0.2, 0.25) is 0 Å². The normalized spacial score (nSPS) is 53.1. The Morgan fingerprint density at radius 3 is 2.39 bits per heavy atom. The van der Waals surface area contributed by atoms with Crippen molar-refractivity contribution in [2.75, 3.05) is 0 Å². The summed E-state index contributed by atoms with van der Waals surface area (Å²) in [5.74, 6) is 6.25. The molecule has 5 rings (SSSR count). The SMILES string of the molecule is C[C@@H]1C[C@H]1[C@@H](C)CC[C@@H](C)[C@H]1CC[C@H]2[C@@H]3[C@H](O)C=C4C[C@@H](O)CC[C@]4(C)[C@H]3CC[C@]12C. The van der Waals surface area contributed by atoms with E-state index in [1.54, 1.807) is 0 Å². The first kappa shape index (κ1) is 22.5. The Bertz CT molecular complexity index is 714. The molecular formula is C29H48O2. The molecule has 12 atom stereocenters. The number of aliphatic hydroxyl groups is 2. The number of hydrogen-bond donors (Lipinski definition) is 2. The van der Waals surface area contributed by atoms with Crippen molar-refractivity contribution in [2.24, 2.45) is 58.2 Å². The van der Waals surface area contributed by atoms with Gasteiger partial charge in [0.25, 0.3) is 0 Å². The molecule has 5 aliphatic carbocycles. The van der Waals surface area contributed by atoms with E-state index in [0.717, 1.165) is 48.9 Å². The van der Waals surface area contributed by atoms with E-state index in [1.165, 1.54) is 50.5 Å². The maximum Gasteiger partial charge on any atom is 0.0757 e. The molecule has 0 spiro atoms. The zero-order valence-electron chi connectivity index (χ0n) is 20.8. The first-order valence-electron chi connectivity index (χ1n) is 13.7. The third-order valence-electron chi connectivity index (χ3n) is 11.8. The fourth-order valence-corrected chi connectivity index (χ4v) is 9.69. The minimum Gasteiger partial charge on any atom is -0.393 e. The number of hydrogen-bond acceptors (Lipinski definition) is 2. The molecule has 0 bridgehead atoms. The lowest BCUT2D eigenvalue weighted by Gasteiger charge is -2.59. The average molecular weight is 429 g/mol. The Morgan fingerprint density at radius 2 is 1.68 bits per heavy atom. The highest BCUT2D eigenvalue weighted by Gasteiger charge is 2.61. The van der Waals surface area contributed by atoms with Gasteiger partial charge in [-0.15, -0.1) is 0 Å². The summed E-state index contributed by atoms with van der Waals surface area (Å²) in [5.41, 5.74) is 1.99. The van der Waals surface area contributed by atoms with Crippen molar-refractivity contribution in [2.45, 2.75) is 111 Å². The summed E-state index contributed by atoms with van der Waals surface area (Å²) >= 11 is 0. The molecule has 2 N–H and O–H groups in total. The molecule has 0 aromatic heterocycles. The van der Waals surface area contributed by atoms with Gasteiger partial charge in [0.2, 0.25) is 0 Å². The van der Waals surface area contributed by atoms with Gasteiger partial charge in [-0.1, -0.05) is 59.1 Å². The van der Waals surface area contributed by atoms with Crippen LogP contribution in [0.3, 0.4) is 0 Å². The maximum absolute atomic E-state index is 11.3. The van der Waals surface area contributed by atoms with Crippen molar-refractivity contribution in [3.63, 3.8) is 0 Å². The lowest BCUT2D eigenvalue weighted by Crippen LogP contribution is -2.54. The summed E-state index contributed by atoms with van der Waals surface area (Å²) in [7, 11) is 0. The second-order valence-electron chi connectivity index (χ2n) is 13.4. The molecule has 0 saturated heterocycles. The Morgan fingerprint density at radius 1 is 0.968 bits per heavy atom. The van der Waals surface area contributed by atoms with E-state index >= 15 is 0 Å². The molecule has 4 saturated carbocycles. The average Bonchev–Trinajstić information content (AvgIpc) is 3.35. The first-order valence-corrected chi connectivity index (χ1v) is 13.7. The molecule has 31 heavy (non-hydrogen) atoms. The highest BCUT2D eigenvalue weighted by molar-refractivity contribution is 5.27. The fraction of sp³-hybridized carbons (Fsp3) is 0.931. The number of fused-ring (bicyclic) bond motifs is 5. The molecule has 0 aromatic carbocycles. The van der Waals surface area contributed by atoms with Crippen molar-refractivity contribution < 1.29 is 10.2 Å². The molecule has 176 valence electrons. The van der Waals surface area contributed by atoms with Gasteiger partial charge < -0.3 is 10.2 Å². The minimum atomic E-state index is -0.298. The van der Waals surface area contributed by atoms with Gasteiger partial charge in [0.1, 0.15) is 0 Å². The monoisotopic (exact) mass is 428 g/mol. The number of rotatable bonds is 5. The zero-order chi connectivity index (χ0) is 22.1. The van der Waals surface area contributed by atoms with Crippen molar-refractivity contribution in [1.82, 2.24) is 0 Å². The van der Waals surface area contributed by atoms with E-state index in [-0.39, 0.29) is 17.6 Å². The second-order valence-corrected chi connectivity index (χ2v) is 13.4. The molecule has 5 aliphatic rings. The van der Waals surface area contributed by atoms with Gasteiger partial charge >= 0.3 is 0 Å². The number of aliphatic hydroxyl groups excluding tert-OH is 2. The summed E-state index contributed by atoms with van der Waals surface area (Å²) in [6, 6.07) is 0. The zero-order valence-corrected chi connectivity index (χ0v) is 20.8. The van der Waals surface area contributed by atoms with Crippen LogP contribution in [0.4, 0.5) is 0 Å². The minimum absolute atomic E-state index is 0.199. The van der Waals surface area contributed by atoms with Crippen LogP contribution in [0.25, 0.3) is 0 Å². The summed E-state index contributed by atoms with van der Waals surface area (Å²) in [6.45, 7) is 12.5. The van der Waals surface area contributed by atoms with Crippen LogP contribution in [0.5, 0.6) is 0 Å². The third-order valence-corrected chi connectivity index (χ3v) is 11.8. The van der Waals surface area contributed by atoms with Crippen LogP contribution in [-0.4, -0.2) is 22.4 Å². The molecule has 2 nitrogen and oxygen atoms in total. The lowest BCUT2D eigenvalue weighted by molar-refractivity contribution is -0.0971. The molecule has 0 amide bonds. The summed E-state index contributed by atoms with van der Waals surface area (Å²) in [5, 5.41) is 21.6. The quantitative estimate of drug-likeness (QED) is 0.484. The Hall–Kier alpha value is -0.340. The molecular weight excluding hydrogens is 380 g/mol. The Labute approximate surface area is 191 Å². The van der Waals surface area contributed by atoms with Crippen LogP contribution in [-0.2, 0) is 0 Å². The predicted molar refractivity (Wildman–Crippen MR) is 127 cm³/mol. The first-order chi connectivity index (χ1) is 14.6. The van der Waals surface area contributed by atoms with Crippen LogP contribution >= 0.6 is 0 Å². The highest BCUT2D eigenvalue weighted by Crippen LogP contribution is 2.67. The summed E-state index contributed by atoms with van der Waals surface area (Å²) in [4.78, 5) is 0. The fourth-order valence-electron chi connectivity index (χ4n) is 9.69. The second kappa shape index (κ2) is 7.86. The molecule has 0 heterocycles. The highest BCUT2D eigenvalue weighted by atomic mass is 16.3. The Kier molecular flexibility index (Phi) is 5.70. The molecule has 0 radical (unpaired) electrons. The maximum atomic E-state index is 11.3. The molecule has 4 fully saturated rings. The largest absolute Gasteiger partial charge is 0.393 e. The van der Waals surface area contributed by atoms with Crippen molar-refractivity contribution >= 4 is 0 Å². The van der Waals surface area contributed by atoms with Gasteiger partial charge in [0, 0.05) is 0 Å². The third kappa shape index (κ3) is 3.58. The van der Waals surface area contributed by atoms with Gasteiger partial charge in [-0.05, 0) is 110 Å². The van der Waals surface area contributed by atoms with Gasteiger partial charge in [0.15, 0.2) is 0 Å². The van der Waals surface area contributed by atoms with Crippen molar-refractivity contribution in [3.8, 4) is 0 Å². The van der Waals surface area contributed by atoms with Crippen LogP contribution in [0.15, 0.2) is 11.6 Å². The van der Waals surface area contributed by atoms with E-state index in [0.29, 0.717) is 23.2 Å². The van der Waals surface area contributed by atoms with Crippen molar-refractivity contribution in [3.05, 3.63) is 11.6 Å². The van der Waals surface area contributed by atoms with E-state index in [2.05, 4.69) is 40.7 Å². The smallest absolute Gasteiger partial charge is 0.0757 e. The summed E-state index contributed by atoms with van der Waals surface area (Å²) in [6.07, 6.45) is 14.1. The van der Waals surface area contributed by atoms with Crippen LogP contribution in [0.1, 0.15) is 98.8 Å². The molecule has 2 heteroatoms. The lowest BCUT2D eigenvalue weighted by atomic mass is 9.46. The van der Waals surface area contributed by atoms with Crippen molar-refractivity contribution in [1.29, 1.82) is 0 Å². The topological polar surface area (TPSA) is 40.5 Å². The molecule has 0 aliphatic heterocycles. The van der Waals surface area contributed by atoms with E-state index < -0.39 is 0 Å². The van der Waals surface area contributed by atoms with E-state index in [1.807, 2.05) is 0 Å².